The summed E-state index contributed by atoms with van der Waals surface area (Å²) in [4.78, 5) is 18.4. The SMILES string of the molecule is CCc1csc(CCc2ccnc(NC(=O)OC(C)(C)C)c2)c1Br.CCc1csc(CO)c1. The third-order valence-corrected chi connectivity index (χ3v) is 7.93. The molecule has 3 heterocycles. The van der Waals surface area contributed by atoms with Crippen molar-refractivity contribution in [2.24, 2.45) is 0 Å². The monoisotopic (exact) mass is 552 g/mol. The van der Waals surface area contributed by atoms with Crippen molar-refractivity contribution in [3.05, 3.63) is 66.1 Å². The molecule has 0 fully saturated rings. The third-order valence-electron chi connectivity index (χ3n) is 4.62. The predicted molar refractivity (Wildman–Crippen MR) is 143 cm³/mol. The fourth-order valence-corrected chi connectivity index (χ4v) is 5.77. The van der Waals surface area contributed by atoms with E-state index in [1.54, 1.807) is 28.9 Å². The second-order valence-corrected chi connectivity index (χ2v) is 11.2. The van der Waals surface area contributed by atoms with Gasteiger partial charge in [-0.15, -0.1) is 22.7 Å². The van der Waals surface area contributed by atoms with Crippen LogP contribution in [0.4, 0.5) is 10.6 Å². The van der Waals surface area contributed by atoms with E-state index >= 15 is 0 Å². The van der Waals surface area contributed by atoms with E-state index in [0.29, 0.717) is 5.82 Å². The van der Waals surface area contributed by atoms with Crippen LogP contribution in [0, 0.1) is 0 Å². The maximum Gasteiger partial charge on any atom is 0.413 e. The van der Waals surface area contributed by atoms with Crippen molar-refractivity contribution in [1.82, 2.24) is 4.98 Å². The minimum absolute atomic E-state index is 0.185. The summed E-state index contributed by atoms with van der Waals surface area (Å²) in [5.41, 5.74) is 3.29. The van der Waals surface area contributed by atoms with Gasteiger partial charge in [0.15, 0.2) is 0 Å². The highest BCUT2D eigenvalue weighted by atomic mass is 79.9. The molecule has 0 bridgehead atoms. The van der Waals surface area contributed by atoms with Crippen molar-refractivity contribution >= 4 is 50.5 Å². The Hall–Kier alpha value is -1.74. The Morgan fingerprint density at radius 3 is 2.42 bits per heavy atom. The Kier molecular flexibility index (Phi) is 11.0. The van der Waals surface area contributed by atoms with Crippen molar-refractivity contribution in [2.45, 2.75) is 72.5 Å². The number of amides is 1. The standard InChI is InChI=1S/C18H23BrN2O2S.C7H10OS/c1-5-13-11-24-14(16(13)19)7-6-12-8-9-20-15(10-12)21-17(22)23-18(2,3)4;1-2-6-3-7(4-8)9-5-6/h8-11H,5-7H2,1-4H3,(H,20,21,22);3,5,8H,2,4H2,1H3. The molecular formula is C25H33BrN2O3S2. The number of hydrogen-bond donors (Lipinski definition) is 2. The predicted octanol–water partition coefficient (Wildman–Crippen LogP) is 7.40. The largest absolute Gasteiger partial charge is 0.444 e. The molecule has 0 aliphatic rings. The Labute approximate surface area is 213 Å². The van der Waals surface area contributed by atoms with E-state index in [1.165, 1.54) is 20.5 Å². The number of hydrogen-bond acceptors (Lipinski definition) is 6. The number of ether oxygens (including phenoxy) is 1. The summed E-state index contributed by atoms with van der Waals surface area (Å²) < 4.78 is 6.48. The summed E-state index contributed by atoms with van der Waals surface area (Å²) in [6, 6.07) is 5.92. The Bertz CT molecular complexity index is 1010. The van der Waals surface area contributed by atoms with Gasteiger partial charge in [-0.1, -0.05) is 13.8 Å². The fraction of sp³-hybridized carbons (Fsp3) is 0.440. The zero-order chi connectivity index (χ0) is 24.4. The first-order valence-corrected chi connectivity index (χ1v) is 13.6. The number of pyridine rings is 1. The molecule has 1 amide bonds. The van der Waals surface area contributed by atoms with Gasteiger partial charge in [0.25, 0.3) is 0 Å². The Morgan fingerprint density at radius 1 is 1.12 bits per heavy atom. The second-order valence-electron chi connectivity index (χ2n) is 8.46. The molecule has 0 saturated carbocycles. The summed E-state index contributed by atoms with van der Waals surface area (Å²) in [5, 5.41) is 15.6. The molecule has 0 aliphatic carbocycles. The summed E-state index contributed by atoms with van der Waals surface area (Å²) in [6.07, 6.45) is 5.19. The molecule has 3 aromatic rings. The normalized spacial score (nSPS) is 11.0. The van der Waals surface area contributed by atoms with E-state index in [9.17, 15) is 4.79 Å². The van der Waals surface area contributed by atoms with Crippen LogP contribution in [0.5, 0.6) is 0 Å². The first-order chi connectivity index (χ1) is 15.6. The van der Waals surface area contributed by atoms with Crippen LogP contribution in [0.15, 0.2) is 39.6 Å². The number of aryl methyl sites for hydroxylation is 4. The first-order valence-electron chi connectivity index (χ1n) is 11.0. The van der Waals surface area contributed by atoms with Gasteiger partial charge in [-0.2, -0.15) is 0 Å². The quantitative estimate of drug-likeness (QED) is 0.320. The van der Waals surface area contributed by atoms with Crippen LogP contribution in [0.3, 0.4) is 0 Å². The van der Waals surface area contributed by atoms with Gasteiger partial charge in [0.1, 0.15) is 11.4 Å². The maximum atomic E-state index is 11.8. The fourth-order valence-electron chi connectivity index (χ4n) is 2.89. The zero-order valence-electron chi connectivity index (χ0n) is 19.9. The third kappa shape index (κ3) is 9.57. The number of anilines is 1. The number of carbonyl (C=O) groups excluding carboxylic acids is 1. The van der Waals surface area contributed by atoms with Crippen LogP contribution in [0.2, 0.25) is 0 Å². The molecule has 0 saturated heterocycles. The molecule has 33 heavy (non-hydrogen) atoms. The van der Waals surface area contributed by atoms with Crippen LogP contribution >= 0.6 is 38.6 Å². The van der Waals surface area contributed by atoms with Crippen LogP contribution in [-0.4, -0.2) is 21.8 Å². The van der Waals surface area contributed by atoms with Crippen molar-refractivity contribution in [3.8, 4) is 0 Å². The number of rotatable bonds is 7. The molecule has 0 spiro atoms. The van der Waals surface area contributed by atoms with E-state index in [1.807, 2.05) is 39.0 Å². The minimum Gasteiger partial charge on any atom is -0.444 e. The van der Waals surface area contributed by atoms with Gasteiger partial charge in [-0.3, -0.25) is 5.32 Å². The molecule has 0 aromatic carbocycles. The Morgan fingerprint density at radius 2 is 1.88 bits per heavy atom. The van der Waals surface area contributed by atoms with Gasteiger partial charge in [0.2, 0.25) is 0 Å². The van der Waals surface area contributed by atoms with Crippen molar-refractivity contribution in [1.29, 1.82) is 0 Å². The lowest BCUT2D eigenvalue weighted by Crippen LogP contribution is -2.27. The summed E-state index contributed by atoms with van der Waals surface area (Å²) in [6.45, 7) is 9.96. The number of aliphatic hydroxyl groups excluding tert-OH is 1. The smallest absolute Gasteiger partial charge is 0.413 e. The number of carbonyl (C=O) groups is 1. The molecule has 3 rings (SSSR count). The van der Waals surface area contributed by atoms with E-state index in [4.69, 9.17) is 9.84 Å². The summed E-state index contributed by atoms with van der Waals surface area (Å²) in [7, 11) is 0. The van der Waals surface area contributed by atoms with Crippen LogP contribution in [0.1, 0.15) is 61.1 Å². The summed E-state index contributed by atoms with van der Waals surface area (Å²) in [5.74, 6) is 0.515. The van der Waals surface area contributed by atoms with Crippen LogP contribution < -0.4 is 5.32 Å². The number of aromatic nitrogens is 1. The van der Waals surface area contributed by atoms with Crippen molar-refractivity contribution in [3.63, 3.8) is 0 Å². The van der Waals surface area contributed by atoms with Crippen molar-refractivity contribution < 1.29 is 14.6 Å². The van der Waals surface area contributed by atoms with E-state index in [0.717, 1.165) is 36.1 Å². The number of aliphatic hydroxyl groups is 1. The highest BCUT2D eigenvalue weighted by molar-refractivity contribution is 9.10. The molecule has 5 nitrogen and oxygen atoms in total. The average Bonchev–Trinajstić information content (AvgIpc) is 3.37. The van der Waals surface area contributed by atoms with Gasteiger partial charge >= 0.3 is 6.09 Å². The van der Waals surface area contributed by atoms with Gasteiger partial charge in [-0.05, 0) is 108 Å². The Balaban J connectivity index is 0.000000357. The van der Waals surface area contributed by atoms with Gasteiger partial charge in [0.05, 0.1) is 6.61 Å². The molecular weight excluding hydrogens is 520 g/mol. The molecule has 180 valence electrons. The topological polar surface area (TPSA) is 71.5 Å². The van der Waals surface area contributed by atoms with E-state index < -0.39 is 11.7 Å². The lowest BCUT2D eigenvalue weighted by molar-refractivity contribution is 0.0635. The maximum absolute atomic E-state index is 11.8. The zero-order valence-corrected chi connectivity index (χ0v) is 23.1. The molecule has 0 aliphatic heterocycles. The highest BCUT2D eigenvalue weighted by Gasteiger charge is 2.16. The van der Waals surface area contributed by atoms with Gasteiger partial charge in [-0.25, -0.2) is 9.78 Å². The lowest BCUT2D eigenvalue weighted by Gasteiger charge is -2.19. The lowest BCUT2D eigenvalue weighted by atomic mass is 10.1. The molecule has 0 unspecified atom stereocenters. The number of halogens is 1. The van der Waals surface area contributed by atoms with Crippen LogP contribution in [-0.2, 0) is 37.0 Å². The number of nitrogens with one attached hydrogen (secondary N) is 1. The molecule has 8 heteroatoms. The molecule has 0 radical (unpaired) electrons. The average molecular weight is 554 g/mol. The van der Waals surface area contributed by atoms with Crippen LogP contribution in [0.25, 0.3) is 0 Å². The molecule has 3 aromatic heterocycles. The number of nitrogens with zero attached hydrogens (tertiary/aromatic N) is 1. The van der Waals surface area contributed by atoms with Crippen molar-refractivity contribution in [2.75, 3.05) is 5.32 Å². The highest BCUT2D eigenvalue weighted by Crippen LogP contribution is 2.30. The van der Waals surface area contributed by atoms with Gasteiger partial charge in [0, 0.05) is 20.4 Å². The summed E-state index contributed by atoms with van der Waals surface area (Å²) >= 11 is 7.10. The van der Waals surface area contributed by atoms with E-state index in [2.05, 4.69) is 50.8 Å². The molecule has 2 N–H and O–H groups in total. The minimum atomic E-state index is -0.524. The van der Waals surface area contributed by atoms with Gasteiger partial charge < -0.3 is 9.84 Å². The van der Waals surface area contributed by atoms with E-state index in [-0.39, 0.29) is 6.61 Å². The number of thiophene rings is 2. The molecule has 0 atom stereocenters. The second kappa shape index (κ2) is 13.2. The first kappa shape index (κ1) is 27.5.